The van der Waals surface area contributed by atoms with Crippen molar-refractivity contribution < 1.29 is 4.79 Å². The van der Waals surface area contributed by atoms with E-state index in [0.29, 0.717) is 21.5 Å². The zero-order chi connectivity index (χ0) is 11.5. The minimum Gasteiger partial charge on any atom is -0.298 e. The van der Waals surface area contributed by atoms with Crippen molar-refractivity contribution in [1.82, 2.24) is 19.3 Å². The van der Waals surface area contributed by atoms with Gasteiger partial charge in [-0.2, -0.15) is 4.37 Å². The molecule has 0 radical (unpaired) electrons. The van der Waals surface area contributed by atoms with E-state index in [1.807, 2.05) is 0 Å². The molecule has 0 unspecified atom stereocenters. The van der Waals surface area contributed by atoms with Crippen LogP contribution in [0.1, 0.15) is 16.2 Å². The van der Waals surface area contributed by atoms with Crippen LogP contribution in [0.5, 0.6) is 0 Å². The van der Waals surface area contributed by atoms with Gasteiger partial charge >= 0.3 is 0 Å². The number of carbonyl (C=O) groups is 1. The molecule has 0 saturated carbocycles. The Labute approximate surface area is 104 Å². The third-order valence-corrected chi connectivity index (χ3v) is 3.63. The number of halogens is 1. The summed E-state index contributed by atoms with van der Waals surface area (Å²) in [5.41, 5.74) is 0.285. The Kier molecular flexibility index (Phi) is 3.47. The number of rotatable bonds is 3. The summed E-state index contributed by atoms with van der Waals surface area (Å²) in [6, 6.07) is 0. The van der Waals surface area contributed by atoms with E-state index in [0.717, 1.165) is 0 Å². The predicted molar refractivity (Wildman–Crippen MR) is 61.2 cm³/mol. The summed E-state index contributed by atoms with van der Waals surface area (Å²) < 4.78 is 4.57. The first kappa shape index (κ1) is 11.4. The Morgan fingerprint density at radius 1 is 1.50 bits per heavy atom. The maximum atomic E-state index is 10.9. The van der Waals surface area contributed by atoms with Crippen LogP contribution in [-0.4, -0.2) is 25.6 Å². The Hall–Kier alpha value is -1.05. The molecule has 0 bridgehead atoms. The van der Waals surface area contributed by atoms with Crippen molar-refractivity contribution in [2.75, 3.05) is 0 Å². The molecule has 0 aliphatic carbocycles. The lowest BCUT2D eigenvalue weighted by Crippen LogP contribution is -1.97. The fourth-order valence-electron chi connectivity index (χ4n) is 0.990. The second-order valence-corrected chi connectivity index (χ2v) is 5.08. The van der Waals surface area contributed by atoms with Crippen LogP contribution < -0.4 is 0 Å². The van der Waals surface area contributed by atoms with Gasteiger partial charge in [0, 0.05) is 0 Å². The van der Waals surface area contributed by atoms with Gasteiger partial charge in [-0.15, -0.1) is 0 Å². The summed E-state index contributed by atoms with van der Waals surface area (Å²) >= 11 is 8.33. The van der Waals surface area contributed by atoms with Crippen LogP contribution in [0.2, 0.25) is 5.15 Å². The van der Waals surface area contributed by atoms with Crippen LogP contribution in [0, 0.1) is 6.92 Å². The summed E-state index contributed by atoms with van der Waals surface area (Å²) in [5.74, 6) is 0.516. The Morgan fingerprint density at radius 3 is 2.94 bits per heavy atom. The molecule has 0 fully saturated rings. The zero-order valence-electron chi connectivity index (χ0n) is 8.05. The van der Waals surface area contributed by atoms with Crippen molar-refractivity contribution in [3.05, 3.63) is 22.9 Å². The number of hydrogen-bond donors (Lipinski definition) is 0. The number of aryl methyl sites for hydroxylation is 1. The summed E-state index contributed by atoms with van der Waals surface area (Å²) in [6.07, 6.45) is 2.09. The smallest absolute Gasteiger partial charge is 0.176 e. The highest BCUT2D eigenvalue weighted by atomic mass is 35.5. The molecule has 16 heavy (non-hydrogen) atoms. The average Bonchev–Trinajstić information content (AvgIpc) is 2.70. The monoisotopic (exact) mass is 272 g/mol. The molecule has 2 aromatic rings. The molecule has 0 saturated heterocycles. The molecule has 0 spiro atoms. The van der Waals surface area contributed by atoms with Gasteiger partial charge in [0.05, 0.1) is 5.56 Å². The van der Waals surface area contributed by atoms with Crippen molar-refractivity contribution in [3.63, 3.8) is 0 Å². The molecule has 0 aliphatic heterocycles. The lowest BCUT2D eigenvalue weighted by atomic mass is 10.4. The first-order valence-corrected chi connectivity index (χ1v) is 6.11. The van der Waals surface area contributed by atoms with Crippen molar-refractivity contribution >= 4 is 41.2 Å². The second-order valence-electron chi connectivity index (χ2n) is 2.71. The molecule has 0 amide bonds. The predicted octanol–water partition coefficient (Wildman–Crippen LogP) is 2.25. The van der Waals surface area contributed by atoms with Crippen molar-refractivity contribution in [2.45, 2.75) is 16.3 Å². The van der Waals surface area contributed by atoms with E-state index in [4.69, 9.17) is 11.6 Å². The fraction of sp³-hybridized carbons (Fsp3) is 0.125. The molecule has 0 atom stereocenters. The minimum atomic E-state index is 0.162. The molecular weight excluding hydrogens is 268 g/mol. The number of aromatic nitrogens is 4. The Bertz CT molecular complexity index is 517. The quantitative estimate of drug-likeness (QED) is 0.631. The molecule has 2 rings (SSSR count). The molecular formula is C8H5ClN4OS2. The molecule has 82 valence electrons. The van der Waals surface area contributed by atoms with E-state index in [-0.39, 0.29) is 10.7 Å². The third kappa shape index (κ3) is 2.37. The standard InChI is InChI=1S/C8H5ClN4OS2/c1-4-12-6(9)5(2-14)7(13-4)15-8-10-3-11-16-8/h2-3H,1H3. The van der Waals surface area contributed by atoms with Gasteiger partial charge in [-0.25, -0.2) is 15.0 Å². The zero-order valence-corrected chi connectivity index (χ0v) is 10.4. The lowest BCUT2D eigenvalue weighted by molar-refractivity contribution is 0.112. The van der Waals surface area contributed by atoms with Gasteiger partial charge in [0.2, 0.25) is 0 Å². The summed E-state index contributed by atoms with van der Waals surface area (Å²) in [4.78, 5) is 22.9. The molecule has 5 nitrogen and oxygen atoms in total. The number of carbonyl (C=O) groups excluding carboxylic acids is 1. The van der Waals surface area contributed by atoms with Gasteiger partial charge in [0.25, 0.3) is 0 Å². The average molecular weight is 273 g/mol. The first-order valence-electron chi connectivity index (χ1n) is 4.14. The lowest BCUT2D eigenvalue weighted by Gasteiger charge is -2.03. The van der Waals surface area contributed by atoms with Gasteiger partial charge in [-0.3, -0.25) is 4.79 Å². The second kappa shape index (κ2) is 4.86. The van der Waals surface area contributed by atoms with Crippen LogP contribution >= 0.6 is 34.9 Å². The van der Waals surface area contributed by atoms with Crippen molar-refractivity contribution in [2.24, 2.45) is 0 Å². The summed E-state index contributed by atoms with van der Waals surface area (Å²) in [7, 11) is 0. The van der Waals surface area contributed by atoms with Gasteiger partial charge in [0.15, 0.2) is 10.6 Å². The van der Waals surface area contributed by atoms with Gasteiger partial charge < -0.3 is 0 Å². The summed E-state index contributed by atoms with van der Waals surface area (Å²) in [5, 5.41) is 0.666. The minimum absolute atomic E-state index is 0.162. The molecule has 2 heterocycles. The largest absolute Gasteiger partial charge is 0.298 e. The van der Waals surface area contributed by atoms with E-state index >= 15 is 0 Å². The normalized spacial score (nSPS) is 10.4. The van der Waals surface area contributed by atoms with Crippen LogP contribution in [0.4, 0.5) is 0 Å². The molecule has 0 aliphatic rings. The van der Waals surface area contributed by atoms with Gasteiger partial charge in [0.1, 0.15) is 22.3 Å². The van der Waals surface area contributed by atoms with Crippen LogP contribution in [-0.2, 0) is 0 Å². The number of hydrogen-bond acceptors (Lipinski definition) is 7. The fourth-order valence-corrected chi connectivity index (χ4v) is 2.79. The molecule has 0 aromatic carbocycles. The maximum absolute atomic E-state index is 10.9. The van der Waals surface area contributed by atoms with Gasteiger partial charge in [-0.1, -0.05) is 11.6 Å². The van der Waals surface area contributed by atoms with E-state index in [1.165, 1.54) is 29.6 Å². The molecule has 8 heteroatoms. The number of nitrogens with zero attached hydrogens (tertiary/aromatic N) is 4. The third-order valence-electron chi connectivity index (χ3n) is 1.62. The topological polar surface area (TPSA) is 68.6 Å². The number of aldehydes is 1. The van der Waals surface area contributed by atoms with E-state index in [1.54, 1.807) is 6.92 Å². The van der Waals surface area contributed by atoms with Crippen molar-refractivity contribution in [1.29, 1.82) is 0 Å². The Morgan fingerprint density at radius 2 is 2.31 bits per heavy atom. The highest BCUT2D eigenvalue weighted by molar-refractivity contribution is 8.01. The summed E-state index contributed by atoms with van der Waals surface area (Å²) in [6.45, 7) is 1.71. The SMILES string of the molecule is Cc1nc(Cl)c(C=O)c(Sc2ncns2)n1. The van der Waals surface area contributed by atoms with Crippen LogP contribution in [0.15, 0.2) is 15.7 Å². The first-order chi connectivity index (χ1) is 7.70. The van der Waals surface area contributed by atoms with Crippen LogP contribution in [0.3, 0.4) is 0 Å². The molecule has 0 N–H and O–H groups in total. The van der Waals surface area contributed by atoms with Crippen molar-refractivity contribution in [3.8, 4) is 0 Å². The highest BCUT2D eigenvalue weighted by Gasteiger charge is 2.13. The Balaban J connectivity index is 2.43. The van der Waals surface area contributed by atoms with E-state index in [2.05, 4.69) is 19.3 Å². The van der Waals surface area contributed by atoms with E-state index < -0.39 is 0 Å². The maximum Gasteiger partial charge on any atom is 0.176 e. The highest BCUT2D eigenvalue weighted by Crippen LogP contribution is 2.30. The molecule has 2 aromatic heterocycles. The van der Waals surface area contributed by atoms with E-state index in [9.17, 15) is 4.79 Å². The van der Waals surface area contributed by atoms with Gasteiger partial charge in [-0.05, 0) is 30.2 Å². The van der Waals surface area contributed by atoms with Crippen LogP contribution in [0.25, 0.3) is 0 Å².